The fourth-order valence-electron chi connectivity index (χ4n) is 1.95. The molecule has 0 amide bonds. The van der Waals surface area contributed by atoms with Crippen molar-refractivity contribution in [1.82, 2.24) is 10.2 Å². The zero-order valence-electron chi connectivity index (χ0n) is 12.6. The highest BCUT2D eigenvalue weighted by atomic mass is 32.2. The average molecular weight is 325 g/mol. The minimum Gasteiger partial charge on any atom is -0.508 e. The number of rotatable bonds is 5. The Labute approximate surface area is 129 Å². The van der Waals surface area contributed by atoms with Crippen LogP contribution in [0.4, 0.5) is 5.69 Å². The Kier molecular flexibility index (Phi) is 4.32. The molecule has 0 fully saturated rings. The highest BCUT2D eigenvalue weighted by molar-refractivity contribution is 7.93. The summed E-state index contributed by atoms with van der Waals surface area (Å²) < 4.78 is 26.4. The largest absolute Gasteiger partial charge is 0.508 e. The quantitative estimate of drug-likeness (QED) is 0.672. The van der Waals surface area contributed by atoms with Crippen molar-refractivity contribution in [1.29, 1.82) is 0 Å². The van der Waals surface area contributed by atoms with Gasteiger partial charge in [0, 0.05) is 11.6 Å². The number of aromatic hydroxyl groups is 2. The number of benzene rings is 1. The van der Waals surface area contributed by atoms with E-state index in [1.54, 1.807) is 19.9 Å². The Balaban J connectivity index is 2.50. The van der Waals surface area contributed by atoms with E-state index in [4.69, 9.17) is 0 Å². The predicted octanol–water partition coefficient (Wildman–Crippen LogP) is 2.20. The monoisotopic (exact) mass is 325 g/mol. The lowest BCUT2D eigenvalue weighted by Crippen LogP contribution is -2.22. The maximum absolute atomic E-state index is 12.0. The maximum atomic E-state index is 12.0. The van der Waals surface area contributed by atoms with E-state index in [1.165, 1.54) is 12.3 Å². The van der Waals surface area contributed by atoms with Crippen LogP contribution in [0.15, 0.2) is 18.3 Å². The molecule has 0 saturated heterocycles. The molecule has 8 heteroatoms. The molecule has 4 N–H and O–H groups in total. The van der Waals surface area contributed by atoms with E-state index >= 15 is 0 Å². The highest BCUT2D eigenvalue weighted by Gasteiger charge is 2.21. The van der Waals surface area contributed by atoms with Gasteiger partial charge in [-0.05, 0) is 31.9 Å². The van der Waals surface area contributed by atoms with Gasteiger partial charge in [0.25, 0.3) is 0 Å². The molecule has 0 aliphatic heterocycles. The van der Waals surface area contributed by atoms with Gasteiger partial charge in [0.05, 0.1) is 22.8 Å². The molecule has 2 rings (SSSR count). The van der Waals surface area contributed by atoms with Crippen LogP contribution in [0.2, 0.25) is 0 Å². The molecule has 0 aliphatic carbocycles. The Hall–Kier alpha value is -2.22. The van der Waals surface area contributed by atoms with Crippen LogP contribution in [-0.4, -0.2) is 34.1 Å². The van der Waals surface area contributed by atoms with Crippen LogP contribution < -0.4 is 4.72 Å². The van der Waals surface area contributed by atoms with Crippen molar-refractivity contribution in [2.24, 2.45) is 0 Å². The number of aryl methyl sites for hydroxylation is 1. The lowest BCUT2D eigenvalue weighted by molar-refractivity contribution is 0.447. The summed E-state index contributed by atoms with van der Waals surface area (Å²) in [5.41, 5.74) is 1.60. The van der Waals surface area contributed by atoms with Crippen LogP contribution in [-0.2, 0) is 16.4 Å². The number of aromatic nitrogens is 2. The van der Waals surface area contributed by atoms with Gasteiger partial charge in [0.15, 0.2) is 0 Å². The summed E-state index contributed by atoms with van der Waals surface area (Å²) in [5, 5.41) is 25.7. The van der Waals surface area contributed by atoms with Gasteiger partial charge in [0.1, 0.15) is 11.5 Å². The molecule has 1 aromatic heterocycles. The van der Waals surface area contributed by atoms with Crippen molar-refractivity contribution in [3.05, 3.63) is 23.9 Å². The normalized spacial score (nSPS) is 11.8. The third-order valence-corrected chi connectivity index (χ3v) is 5.10. The number of aromatic amines is 1. The summed E-state index contributed by atoms with van der Waals surface area (Å²) in [6.07, 6.45) is 1.91. The van der Waals surface area contributed by atoms with E-state index in [-0.39, 0.29) is 17.2 Å². The number of anilines is 1. The summed E-state index contributed by atoms with van der Waals surface area (Å²) in [6, 6.07) is 2.83. The smallest absolute Gasteiger partial charge is 0.235 e. The molecule has 0 spiro atoms. The van der Waals surface area contributed by atoms with E-state index in [0.717, 1.165) is 0 Å². The Morgan fingerprint density at radius 1 is 1.27 bits per heavy atom. The van der Waals surface area contributed by atoms with Crippen molar-refractivity contribution < 1.29 is 18.6 Å². The molecule has 22 heavy (non-hydrogen) atoms. The molecule has 0 bridgehead atoms. The Morgan fingerprint density at radius 3 is 2.55 bits per heavy atom. The highest BCUT2D eigenvalue weighted by Crippen LogP contribution is 2.37. The van der Waals surface area contributed by atoms with Crippen LogP contribution in [0.25, 0.3) is 11.3 Å². The topological polar surface area (TPSA) is 115 Å². The van der Waals surface area contributed by atoms with Crippen LogP contribution in [0.1, 0.15) is 26.3 Å². The first-order valence-electron chi connectivity index (χ1n) is 6.86. The minimum atomic E-state index is -3.53. The second-order valence-corrected chi connectivity index (χ2v) is 7.44. The lowest BCUT2D eigenvalue weighted by Gasteiger charge is -2.12. The SMILES string of the molecule is CCc1cc(-c2[nH]ncc2NS(=O)(=O)C(C)C)c(O)cc1O. The van der Waals surface area contributed by atoms with Crippen molar-refractivity contribution in [2.45, 2.75) is 32.4 Å². The molecule has 0 aliphatic rings. The number of hydrogen-bond donors (Lipinski definition) is 4. The molecule has 1 aromatic carbocycles. The van der Waals surface area contributed by atoms with E-state index < -0.39 is 15.3 Å². The van der Waals surface area contributed by atoms with Crippen LogP contribution in [0.5, 0.6) is 11.5 Å². The van der Waals surface area contributed by atoms with Gasteiger partial charge in [-0.3, -0.25) is 9.82 Å². The van der Waals surface area contributed by atoms with Gasteiger partial charge in [-0.25, -0.2) is 8.42 Å². The van der Waals surface area contributed by atoms with Gasteiger partial charge < -0.3 is 10.2 Å². The first-order valence-corrected chi connectivity index (χ1v) is 8.41. The first kappa shape index (κ1) is 16.2. The Morgan fingerprint density at radius 2 is 1.95 bits per heavy atom. The summed E-state index contributed by atoms with van der Waals surface area (Å²) >= 11 is 0. The maximum Gasteiger partial charge on any atom is 0.235 e. The zero-order valence-corrected chi connectivity index (χ0v) is 13.4. The average Bonchev–Trinajstić information content (AvgIpc) is 2.86. The molecular formula is C14H19N3O4S. The van der Waals surface area contributed by atoms with E-state index in [1.807, 2.05) is 6.92 Å². The molecule has 1 heterocycles. The van der Waals surface area contributed by atoms with Crippen molar-refractivity contribution in [2.75, 3.05) is 4.72 Å². The van der Waals surface area contributed by atoms with Crippen molar-refractivity contribution >= 4 is 15.7 Å². The number of phenols is 2. The molecular weight excluding hydrogens is 306 g/mol. The molecule has 0 radical (unpaired) electrons. The summed E-state index contributed by atoms with van der Waals surface area (Å²) in [4.78, 5) is 0. The van der Waals surface area contributed by atoms with E-state index in [9.17, 15) is 18.6 Å². The number of sulfonamides is 1. The Bertz CT molecular complexity index is 781. The van der Waals surface area contributed by atoms with Gasteiger partial charge in [-0.2, -0.15) is 5.10 Å². The fraction of sp³-hybridized carbons (Fsp3) is 0.357. The number of H-pyrrole nitrogens is 1. The van der Waals surface area contributed by atoms with Gasteiger partial charge >= 0.3 is 0 Å². The third kappa shape index (κ3) is 3.01. The number of hydrogen-bond acceptors (Lipinski definition) is 5. The van der Waals surface area contributed by atoms with Crippen molar-refractivity contribution in [3.8, 4) is 22.8 Å². The summed E-state index contributed by atoms with van der Waals surface area (Å²) in [6.45, 7) is 5.00. The number of phenolic OH excluding ortho intramolecular Hbond substituents is 2. The first-order chi connectivity index (χ1) is 10.3. The van der Waals surface area contributed by atoms with Gasteiger partial charge in [-0.15, -0.1) is 0 Å². The molecule has 2 aromatic rings. The van der Waals surface area contributed by atoms with E-state index in [0.29, 0.717) is 23.2 Å². The van der Waals surface area contributed by atoms with Crippen LogP contribution >= 0.6 is 0 Å². The minimum absolute atomic E-state index is 0.00687. The van der Waals surface area contributed by atoms with E-state index in [2.05, 4.69) is 14.9 Å². The van der Waals surface area contributed by atoms with Gasteiger partial charge in [0.2, 0.25) is 10.0 Å². The lowest BCUT2D eigenvalue weighted by atomic mass is 10.0. The van der Waals surface area contributed by atoms with Crippen LogP contribution in [0, 0.1) is 0 Å². The number of nitrogens with zero attached hydrogens (tertiary/aromatic N) is 1. The zero-order chi connectivity index (χ0) is 16.5. The molecule has 7 nitrogen and oxygen atoms in total. The third-order valence-electron chi connectivity index (χ3n) is 3.36. The summed E-state index contributed by atoms with van der Waals surface area (Å²) in [5.74, 6) is -0.170. The van der Waals surface area contributed by atoms with Crippen molar-refractivity contribution in [3.63, 3.8) is 0 Å². The predicted molar refractivity (Wildman–Crippen MR) is 84.4 cm³/mol. The second kappa shape index (κ2) is 5.88. The standard InChI is InChI=1S/C14H19N3O4S/c1-4-9-5-10(13(19)6-12(9)18)14-11(7-15-16-14)17-22(20,21)8(2)3/h5-8,17-19H,4H2,1-3H3,(H,15,16). The second-order valence-electron chi connectivity index (χ2n) is 5.21. The molecule has 0 atom stereocenters. The number of nitrogens with one attached hydrogen (secondary N) is 2. The summed E-state index contributed by atoms with van der Waals surface area (Å²) in [7, 11) is -3.53. The molecule has 0 unspecified atom stereocenters. The molecule has 120 valence electrons. The molecule has 0 saturated carbocycles. The van der Waals surface area contributed by atoms with Gasteiger partial charge in [-0.1, -0.05) is 6.92 Å². The van der Waals surface area contributed by atoms with Crippen LogP contribution in [0.3, 0.4) is 0 Å². The fourth-order valence-corrected chi connectivity index (χ4v) is 2.64.